The van der Waals surface area contributed by atoms with Gasteiger partial charge in [0.05, 0.1) is 6.20 Å². The summed E-state index contributed by atoms with van der Waals surface area (Å²) in [4.78, 5) is 0. The quantitative estimate of drug-likeness (QED) is 0.820. The SMILES string of the molecule is CCNCc1cn[nH]c1S(=O)(=O)N(C)C1CCCC1. The summed E-state index contributed by atoms with van der Waals surface area (Å²) in [6.45, 7) is 3.29. The molecule has 1 aliphatic carbocycles. The first-order valence-corrected chi connectivity index (χ1v) is 8.22. The molecule has 19 heavy (non-hydrogen) atoms. The summed E-state index contributed by atoms with van der Waals surface area (Å²) in [6.07, 6.45) is 5.70. The van der Waals surface area contributed by atoms with Crippen LogP contribution in [0.3, 0.4) is 0 Å². The molecular formula is C12H22N4O2S. The molecule has 0 saturated heterocycles. The third-order valence-electron chi connectivity index (χ3n) is 3.72. The average Bonchev–Trinajstić information content (AvgIpc) is 3.06. The van der Waals surface area contributed by atoms with E-state index in [0.717, 1.165) is 32.2 Å². The smallest absolute Gasteiger partial charge is 0.260 e. The van der Waals surface area contributed by atoms with Gasteiger partial charge in [0.25, 0.3) is 10.0 Å². The summed E-state index contributed by atoms with van der Waals surface area (Å²) in [5.41, 5.74) is 0.701. The highest BCUT2D eigenvalue weighted by Gasteiger charge is 2.32. The molecule has 0 radical (unpaired) electrons. The van der Waals surface area contributed by atoms with Crippen molar-refractivity contribution < 1.29 is 8.42 Å². The molecule has 1 fully saturated rings. The molecule has 0 spiro atoms. The van der Waals surface area contributed by atoms with Crippen LogP contribution in [-0.2, 0) is 16.6 Å². The molecule has 6 nitrogen and oxygen atoms in total. The standard InChI is InChI=1S/C12H22N4O2S/c1-3-13-8-10-9-14-15-12(10)19(17,18)16(2)11-6-4-5-7-11/h9,11,13H,3-8H2,1-2H3,(H,14,15). The normalized spacial score (nSPS) is 17.4. The molecule has 108 valence electrons. The first-order chi connectivity index (χ1) is 9.07. The molecule has 1 aromatic rings. The molecule has 1 aliphatic rings. The van der Waals surface area contributed by atoms with Gasteiger partial charge in [0.2, 0.25) is 0 Å². The second kappa shape index (κ2) is 6.02. The Labute approximate surface area is 114 Å². The minimum absolute atomic E-state index is 0.125. The van der Waals surface area contributed by atoms with E-state index in [1.807, 2.05) is 6.92 Å². The lowest BCUT2D eigenvalue weighted by atomic mass is 10.3. The van der Waals surface area contributed by atoms with Crippen LogP contribution < -0.4 is 5.32 Å². The van der Waals surface area contributed by atoms with Crippen molar-refractivity contribution in [1.29, 1.82) is 0 Å². The van der Waals surface area contributed by atoms with Crippen LogP contribution in [0.25, 0.3) is 0 Å². The summed E-state index contributed by atoms with van der Waals surface area (Å²) in [5.74, 6) is 0. The largest absolute Gasteiger partial charge is 0.313 e. The third-order valence-corrected chi connectivity index (χ3v) is 5.65. The fraction of sp³-hybridized carbons (Fsp3) is 0.750. The number of aromatic amines is 1. The van der Waals surface area contributed by atoms with Crippen LogP contribution in [0.2, 0.25) is 0 Å². The Morgan fingerprint density at radius 1 is 1.47 bits per heavy atom. The fourth-order valence-electron chi connectivity index (χ4n) is 2.52. The fourth-order valence-corrected chi connectivity index (χ4v) is 4.03. The molecule has 0 aliphatic heterocycles. The lowest BCUT2D eigenvalue weighted by Gasteiger charge is -2.23. The van der Waals surface area contributed by atoms with Gasteiger partial charge in [-0.25, -0.2) is 8.42 Å². The van der Waals surface area contributed by atoms with Crippen molar-refractivity contribution in [2.45, 2.75) is 50.2 Å². The van der Waals surface area contributed by atoms with E-state index < -0.39 is 10.0 Å². The van der Waals surface area contributed by atoms with Crippen molar-refractivity contribution in [1.82, 2.24) is 19.8 Å². The molecule has 7 heteroatoms. The Morgan fingerprint density at radius 3 is 2.79 bits per heavy atom. The maximum absolute atomic E-state index is 12.6. The van der Waals surface area contributed by atoms with Crippen LogP contribution in [0.1, 0.15) is 38.2 Å². The predicted octanol–water partition coefficient (Wildman–Crippen LogP) is 1.08. The van der Waals surface area contributed by atoms with E-state index in [0.29, 0.717) is 12.1 Å². The molecule has 2 N–H and O–H groups in total. The molecular weight excluding hydrogens is 264 g/mol. The molecule has 1 heterocycles. The monoisotopic (exact) mass is 286 g/mol. The first kappa shape index (κ1) is 14.5. The molecule has 0 unspecified atom stereocenters. The Balaban J connectivity index is 2.21. The van der Waals surface area contributed by atoms with E-state index in [9.17, 15) is 8.42 Å². The van der Waals surface area contributed by atoms with Crippen LogP contribution >= 0.6 is 0 Å². The van der Waals surface area contributed by atoms with Gasteiger partial charge in [-0.2, -0.15) is 9.40 Å². The summed E-state index contributed by atoms with van der Waals surface area (Å²) >= 11 is 0. The van der Waals surface area contributed by atoms with Gasteiger partial charge in [-0.15, -0.1) is 0 Å². The highest BCUT2D eigenvalue weighted by Crippen LogP contribution is 2.27. The van der Waals surface area contributed by atoms with Gasteiger partial charge in [-0.3, -0.25) is 5.10 Å². The van der Waals surface area contributed by atoms with Crippen molar-refractivity contribution >= 4 is 10.0 Å². The third kappa shape index (κ3) is 2.98. The Morgan fingerprint density at radius 2 is 2.16 bits per heavy atom. The van der Waals surface area contributed by atoms with Crippen molar-refractivity contribution in [3.8, 4) is 0 Å². The van der Waals surface area contributed by atoms with E-state index in [1.54, 1.807) is 13.2 Å². The zero-order valence-corrected chi connectivity index (χ0v) is 12.3. The van der Waals surface area contributed by atoms with Gasteiger partial charge in [0.15, 0.2) is 5.03 Å². The van der Waals surface area contributed by atoms with E-state index in [4.69, 9.17) is 0 Å². The van der Waals surface area contributed by atoms with E-state index in [2.05, 4.69) is 15.5 Å². The summed E-state index contributed by atoms with van der Waals surface area (Å²) in [6, 6.07) is 0.125. The second-order valence-corrected chi connectivity index (χ2v) is 6.90. The van der Waals surface area contributed by atoms with Gasteiger partial charge in [0, 0.05) is 25.2 Å². The lowest BCUT2D eigenvalue weighted by molar-refractivity contribution is 0.371. The minimum atomic E-state index is -3.46. The summed E-state index contributed by atoms with van der Waals surface area (Å²) in [7, 11) is -1.80. The van der Waals surface area contributed by atoms with Gasteiger partial charge >= 0.3 is 0 Å². The Kier molecular flexibility index (Phi) is 4.59. The molecule has 0 aromatic carbocycles. The van der Waals surface area contributed by atoms with Gasteiger partial charge in [-0.05, 0) is 19.4 Å². The Hall–Kier alpha value is -0.920. The number of H-pyrrole nitrogens is 1. The maximum atomic E-state index is 12.6. The molecule has 1 aromatic heterocycles. The zero-order chi connectivity index (χ0) is 13.9. The van der Waals surface area contributed by atoms with Crippen molar-refractivity contribution in [2.24, 2.45) is 0 Å². The number of hydrogen-bond acceptors (Lipinski definition) is 4. The molecule has 0 atom stereocenters. The van der Waals surface area contributed by atoms with Gasteiger partial charge in [0.1, 0.15) is 0 Å². The number of sulfonamides is 1. The molecule has 0 amide bonds. The van der Waals surface area contributed by atoms with Crippen molar-refractivity contribution in [2.75, 3.05) is 13.6 Å². The van der Waals surface area contributed by atoms with E-state index >= 15 is 0 Å². The molecule has 1 saturated carbocycles. The van der Waals surface area contributed by atoms with Gasteiger partial charge in [-0.1, -0.05) is 19.8 Å². The van der Waals surface area contributed by atoms with Crippen LogP contribution in [0.15, 0.2) is 11.2 Å². The number of hydrogen-bond donors (Lipinski definition) is 2. The van der Waals surface area contributed by atoms with E-state index in [1.165, 1.54) is 4.31 Å². The highest BCUT2D eigenvalue weighted by molar-refractivity contribution is 7.89. The zero-order valence-electron chi connectivity index (χ0n) is 11.5. The lowest BCUT2D eigenvalue weighted by Crippen LogP contribution is -2.36. The Bertz CT molecular complexity index is 506. The summed E-state index contributed by atoms with van der Waals surface area (Å²) < 4.78 is 26.7. The topological polar surface area (TPSA) is 78.1 Å². The molecule has 2 rings (SSSR count). The van der Waals surface area contributed by atoms with Crippen LogP contribution in [0.4, 0.5) is 0 Å². The second-order valence-electron chi connectivity index (χ2n) is 4.96. The number of nitrogens with one attached hydrogen (secondary N) is 2. The number of nitrogens with zero attached hydrogens (tertiary/aromatic N) is 2. The van der Waals surface area contributed by atoms with Crippen LogP contribution in [-0.4, -0.2) is 42.6 Å². The van der Waals surface area contributed by atoms with Gasteiger partial charge < -0.3 is 5.32 Å². The number of aromatic nitrogens is 2. The first-order valence-electron chi connectivity index (χ1n) is 6.78. The molecule has 0 bridgehead atoms. The predicted molar refractivity (Wildman–Crippen MR) is 73.2 cm³/mol. The minimum Gasteiger partial charge on any atom is -0.313 e. The summed E-state index contributed by atoms with van der Waals surface area (Å²) in [5, 5.41) is 9.87. The highest BCUT2D eigenvalue weighted by atomic mass is 32.2. The average molecular weight is 286 g/mol. The van der Waals surface area contributed by atoms with Crippen molar-refractivity contribution in [3.63, 3.8) is 0 Å². The maximum Gasteiger partial charge on any atom is 0.260 e. The van der Waals surface area contributed by atoms with E-state index in [-0.39, 0.29) is 11.1 Å². The van der Waals surface area contributed by atoms with Crippen LogP contribution in [0.5, 0.6) is 0 Å². The van der Waals surface area contributed by atoms with Crippen LogP contribution in [0, 0.1) is 0 Å². The van der Waals surface area contributed by atoms with Crippen molar-refractivity contribution in [3.05, 3.63) is 11.8 Å². The number of rotatable bonds is 6.